The van der Waals surface area contributed by atoms with Crippen LogP contribution < -0.4 is 10.1 Å². The van der Waals surface area contributed by atoms with Gasteiger partial charge < -0.3 is 10.1 Å². The van der Waals surface area contributed by atoms with Gasteiger partial charge in [-0.2, -0.15) is 18.3 Å². The van der Waals surface area contributed by atoms with E-state index in [1.807, 2.05) is 0 Å². The first-order valence-corrected chi connectivity index (χ1v) is 8.64. The van der Waals surface area contributed by atoms with Crippen LogP contribution in [0.5, 0.6) is 5.75 Å². The second-order valence-corrected chi connectivity index (χ2v) is 6.09. The third kappa shape index (κ3) is 4.66. The third-order valence-corrected chi connectivity index (χ3v) is 4.20. The number of hydrogen-bond acceptors (Lipinski definition) is 3. The van der Waals surface area contributed by atoms with Crippen molar-refractivity contribution in [3.63, 3.8) is 0 Å². The van der Waals surface area contributed by atoms with Gasteiger partial charge in [0.1, 0.15) is 5.75 Å². The Balaban J connectivity index is 2.02. The highest BCUT2D eigenvalue weighted by atomic mass is 19.4. The van der Waals surface area contributed by atoms with Gasteiger partial charge in [0.05, 0.1) is 18.5 Å². The molecule has 0 spiro atoms. The van der Waals surface area contributed by atoms with Gasteiger partial charge in [-0.1, -0.05) is 24.3 Å². The minimum absolute atomic E-state index is 0.249. The van der Waals surface area contributed by atoms with E-state index in [4.69, 9.17) is 4.74 Å². The number of carbonyl (C=O) groups is 1. The van der Waals surface area contributed by atoms with E-state index in [9.17, 15) is 18.0 Å². The second kappa shape index (κ2) is 8.22. The highest BCUT2D eigenvalue weighted by molar-refractivity contribution is 5.91. The molecule has 1 aromatic heterocycles. The van der Waals surface area contributed by atoms with Gasteiger partial charge in [-0.15, -0.1) is 0 Å². The zero-order valence-electron chi connectivity index (χ0n) is 15.7. The van der Waals surface area contributed by atoms with Crippen LogP contribution in [-0.4, -0.2) is 29.8 Å². The lowest BCUT2D eigenvalue weighted by Gasteiger charge is -2.09. The molecule has 5 nitrogen and oxygen atoms in total. The number of nitrogens with one attached hydrogen (secondary N) is 1. The van der Waals surface area contributed by atoms with Crippen molar-refractivity contribution in [3.05, 3.63) is 71.9 Å². The normalized spacial score (nSPS) is 11.6. The van der Waals surface area contributed by atoms with Crippen molar-refractivity contribution in [2.75, 3.05) is 14.2 Å². The van der Waals surface area contributed by atoms with E-state index >= 15 is 0 Å². The molecule has 0 saturated carbocycles. The van der Waals surface area contributed by atoms with Crippen molar-refractivity contribution >= 4 is 12.0 Å². The maximum absolute atomic E-state index is 13.3. The van der Waals surface area contributed by atoms with E-state index in [-0.39, 0.29) is 5.91 Å². The number of likely N-dealkylation sites (N-methyl/N-ethyl adjacent to an activating group) is 1. The van der Waals surface area contributed by atoms with E-state index in [1.54, 1.807) is 54.6 Å². The molecule has 1 heterocycles. The zero-order valence-corrected chi connectivity index (χ0v) is 15.7. The third-order valence-electron chi connectivity index (χ3n) is 4.20. The van der Waals surface area contributed by atoms with Crippen LogP contribution in [0.1, 0.15) is 11.3 Å². The molecule has 29 heavy (non-hydrogen) atoms. The molecule has 3 rings (SSSR count). The lowest BCUT2D eigenvalue weighted by Crippen LogP contribution is -2.13. The van der Waals surface area contributed by atoms with Crippen LogP contribution in [0.4, 0.5) is 13.2 Å². The van der Waals surface area contributed by atoms with Crippen LogP contribution >= 0.6 is 0 Å². The molecule has 0 fully saturated rings. The molecule has 8 heteroatoms. The number of hydrogen-bond donors (Lipinski definition) is 1. The molecule has 0 bridgehead atoms. The molecule has 0 aliphatic rings. The molecule has 0 unspecified atom stereocenters. The number of halogens is 3. The standard InChI is InChI=1S/C21H18F3N3O2/c1-25-20(28)12-5-14-3-6-15(7-4-14)18-13-19(21(22,23)24)26-27(18)16-8-10-17(29-2)11-9-16/h3-13H,1-2H3,(H,25,28)/b12-5+. The van der Waals surface area contributed by atoms with Crippen LogP contribution in [-0.2, 0) is 11.0 Å². The van der Waals surface area contributed by atoms with E-state index in [0.717, 1.165) is 11.6 Å². The van der Waals surface area contributed by atoms with Gasteiger partial charge in [0.25, 0.3) is 0 Å². The minimum atomic E-state index is -4.57. The Morgan fingerprint density at radius 1 is 1.10 bits per heavy atom. The number of ether oxygens (including phenoxy) is 1. The first kappa shape index (κ1) is 20.2. The molecule has 0 aliphatic carbocycles. The molecule has 150 valence electrons. The number of alkyl halides is 3. The molecular formula is C21H18F3N3O2. The summed E-state index contributed by atoms with van der Waals surface area (Å²) in [5, 5.41) is 6.23. The van der Waals surface area contributed by atoms with Crippen molar-refractivity contribution in [2.24, 2.45) is 0 Å². The Kier molecular flexibility index (Phi) is 5.72. The molecule has 1 N–H and O–H groups in total. The van der Waals surface area contributed by atoms with Crippen molar-refractivity contribution in [1.29, 1.82) is 0 Å². The second-order valence-electron chi connectivity index (χ2n) is 6.09. The van der Waals surface area contributed by atoms with Gasteiger partial charge in [0.15, 0.2) is 5.69 Å². The SMILES string of the molecule is CNC(=O)/C=C/c1ccc(-c2cc(C(F)(F)F)nn2-c2ccc(OC)cc2)cc1. The molecular weight excluding hydrogens is 383 g/mol. The van der Waals surface area contributed by atoms with E-state index < -0.39 is 11.9 Å². The summed E-state index contributed by atoms with van der Waals surface area (Å²) >= 11 is 0. The maximum Gasteiger partial charge on any atom is 0.435 e. The van der Waals surface area contributed by atoms with Crippen molar-refractivity contribution in [1.82, 2.24) is 15.1 Å². The molecule has 0 radical (unpaired) electrons. The summed E-state index contributed by atoms with van der Waals surface area (Å²) in [6, 6.07) is 14.4. The summed E-state index contributed by atoms with van der Waals surface area (Å²) < 4.78 is 46.1. The van der Waals surface area contributed by atoms with Crippen molar-refractivity contribution < 1.29 is 22.7 Å². The van der Waals surface area contributed by atoms with Gasteiger partial charge in [-0.05, 0) is 42.0 Å². The highest BCUT2D eigenvalue weighted by Gasteiger charge is 2.35. The average Bonchev–Trinajstić information content (AvgIpc) is 3.18. The molecule has 0 aliphatic heterocycles. The Hall–Kier alpha value is -3.55. The van der Waals surface area contributed by atoms with Crippen LogP contribution in [0.3, 0.4) is 0 Å². The fourth-order valence-electron chi connectivity index (χ4n) is 2.67. The fourth-order valence-corrected chi connectivity index (χ4v) is 2.67. The molecule has 3 aromatic rings. The van der Waals surface area contributed by atoms with Gasteiger partial charge in [-0.25, -0.2) is 4.68 Å². The van der Waals surface area contributed by atoms with Crippen molar-refractivity contribution in [2.45, 2.75) is 6.18 Å². The predicted octanol–water partition coefficient (Wildman–Crippen LogP) is 4.33. The number of carbonyl (C=O) groups excluding carboxylic acids is 1. The van der Waals surface area contributed by atoms with Crippen LogP contribution in [0.25, 0.3) is 23.0 Å². The lowest BCUT2D eigenvalue weighted by molar-refractivity contribution is -0.141. The number of benzene rings is 2. The predicted molar refractivity (Wildman–Crippen MR) is 104 cm³/mol. The van der Waals surface area contributed by atoms with Crippen molar-refractivity contribution in [3.8, 4) is 22.7 Å². The minimum Gasteiger partial charge on any atom is -0.497 e. The summed E-state index contributed by atoms with van der Waals surface area (Å²) in [6.07, 6.45) is -1.58. The average molecular weight is 401 g/mol. The van der Waals surface area contributed by atoms with Gasteiger partial charge in [0, 0.05) is 18.7 Å². The summed E-state index contributed by atoms with van der Waals surface area (Å²) in [5.74, 6) is 0.340. The monoisotopic (exact) mass is 401 g/mol. The zero-order chi connectivity index (χ0) is 21.0. The lowest BCUT2D eigenvalue weighted by atomic mass is 10.1. The number of rotatable bonds is 5. The number of aromatic nitrogens is 2. The summed E-state index contributed by atoms with van der Waals surface area (Å²) in [6.45, 7) is 0. The highest BCUT2D eigenvalue weighted by Crippen LogP contribution is 2.33. The van der Waals surface area contributed by atoms with Gasteiger partial charge in [-0.3, -0.25) is 4.79 Å². The number of amides is 1. The summed E-state index contributed by atoms with van der Waals surface area (Å²) in [4.78, 5) is 11.3. The quantitative estimate of drug-likeness (QED) is 0.648. The number of nitrogens with zero attached hydrogens (tertiary/aromatic N) is 2. The molecule has 0 atom stereocenters. The topological polar surface area (TPSA) is 56.2 Å². The summed E-state index contributed by atoms with van der Waals surface area (Å²) in [7, 11) is 3.03. The Bertz CT molecular complexity index is 1020. The first-order valence-electron chi connectivity index (χ1n) is 8.64. The van der Waals surface area contributed by atoms with Gasteiger partial charge >= 0.3 is 6.18 Å². The van der Waals surface area contributed by atoms with E-state index in [1.165, 1.54) is 24.9 Å². The van der Waals surface area contributed by atoms with Crippen LogP contribution in [0.2, 0.25) is 0 Å². The maximum atomic E-state index is 13.3. The smallest absolute Gasteiger partial charge is 0.435 e. The van der Waals surface area contributed by atoms with E-state index in [0.29, 0.717) is 22.7 Å². The number of methoxy groups -OCH3 is 1. The van der Waals surface area contributed by atoms with Gasteiger partial charge in [0.2, 0.25) is 5.91 Å². The fraction of sp³-hybridized carbons (Fsp3) is 0.143. The molecule has 0 saturated heterocycles. The van der Waals surface area contributed by atoms with Crippen LogP contribution in [0.15, 0.2) is 60.7 Å². The molecule has 1 amide bonds. The largest absolute Gasteiger partial charge is 0.497 e. The Labute approximate surface area is 165 Å². The summed E-state index contributed by atoms with van der Waals surface area (Å²) in [5.41, 5.74) is 1.08. The first-order chi connectivity index (χ1) is 13.8. The Morgan fingerprint density at radius 2 is 1.76 bits per heavy atom. The van der Waals surface area contributed by atoms with Crippen LogP contribution in [0, 0.1) is 0 Å². The Morgan fingerprint density at radius 3 is 2.31 bits per heavy atom. The molecule has 2 aromatic carbocycles. The van der Waals surface area contributed by atoms with E-state index in [2.05, 4.69) is 10.4 Å².